The Morgan fingerprint density at radius 3 is 2.48 bits per heavy atom. The molecule has 0 unspecified atom stereocenters. The number of esters is 1. The smallest absolute Gasteiger partial charge is 0.337 e. The van der Waals surface area contributed by atoms with E-state index in [1.54, 1.807) is 22.8 Å². The fraction of sp³-hybridized carbons (Fsp3) is 0.292. The summed E-state index contributed by atoms with van der Waals surface area (Å²) in [6.45, 7) is 9.87. The summed E-state index contributed by atoms with van der Waals surface area (Å²) in [5, 5.41) is 0.460. The monoisotopic (exact) mass is 418 g/mol. The lowest BCUT2D eigenvalue weighted by atomic mass is 10.1. The first-order valence-corrected chi connectivity index (χ1v) is 10.3. The van der Waals surface area contributed by atoms with Gasteiger partial charge in [0.1, 0.15) is 0 Å². The van der Waals surface area contributed by atoms with Crippen molar-refractivity contribution in [1.82, 2.24) is 14.5 Å². The lowest BCUT2D eigenvalue weighted by molar-refractivity contribution is 0.0601. The maximum atomic E-state index is 13.6. The molecule has 1 aromatic heterocycles. The normalized spacial score (nSPS) is 14.6. The van der Waals surface area contributed by atoms with Gasteiger partial charge in [-0.3, -0.25) is 9.69 Å². The summed E-state index contributed by atoms with van der Waals surface area (Å²) in [6.07, 6.45) is 1.90. The molecule has 0 N–H and O–H groups in total. The minimum atomic E-state index is -0.453. The van der Waals surface area contributed by atoms with E-state index in [1.165, 1.54) is 7.11 Å². The summed E-state index contributed by atoms with van der Waals surface area (Å²) < 4.78 is 6.50. The highest BCUT2D eigenvalue weighted by molar-refractivity contribution is 5.94. The van der Waals surface area contributed by atoms with Crippen molar-refractivity contribution in [3.63, 3.8) is 0 Å². The van der Waals surface area contributed by atoms with Gasteiger partial charge in [0.25, 0.3) is 5.56 Å². The standard InChI is InChI=1S/C24H26N4O3/c1-4-11-26-12-14-27(15-13-26)24-25-21-16-18(23(30)31-3)7-10-20(21)22(29)28(24)19-8-5-17(2)6-9-19/h4-10,16H,1,11-15H2,2-3H3. The molecular weight excluding hydrogens is 392 g/mol. The van der Waals surface area contributed by atoms with E-state index in [0.29, 0.717) is 22.4 Å². The van der Waals surface area contributed by atoms with E-state index in [0.717, 1.165) is 44.0 Å². The third-order valence-corrected chi connectivity index (χ3v) is 5.61. The van der Waals surface area contributed by atoms with Gasteiger partial charge in [-0.1, -0.05) is 23.8 Å². The van der Waals surface area contributed by atoms with E-state index in [2.05, 4.69) is 16.4 Å². The number of benzene rings is 2. The first-order chi connectivity index (χ1) is 15.0. The van der Waals surface area contributed by atoms with Crippen LogP contribution in [0, 0.1) is 6.92 Å². The zero-order chi connectivity index (χ0) is 22.0. The minimum absolute atomic E-state index is 0.159. The van der Waals surface area contributed by atoms with Gasteiger partial charge < -0.3 is 9.64 Å². The van der Waals surface area contributed by atoms with Gasteiger partial charge in [-0.15, -0.1) is 6.58 Å². The molecule has 1 aliphatic heterocycles. The summed E-state index contributed by atoms with van der Waals surface area (Å²) in [5.74, 6) is 0.132. The van der Waals surface area contributed by atoms with E-state index in [4.69, 9.17) is 9.72 Å². The second-order valence-electron chi connectivity index (χ2n) is 7.69. The number of fused-ring (bicyclic) bond motifs is 1. The second kappa shape index (κ2) is 8.73. The van der Waals surface area contributed by atoms with Crippen LogP contribution in [0.3, 0.4) is 0 Å². The molecule has 0 bridgehead atoms. The molecule has 7 heteroatoms. The molecule has 7 nitrogen and oxygen atoms in total. The molecule has 1 fully saturated rings. The lowest BCUT2D eigenvalue weighted by Gasteiger charge is -2.35. The minimum Gasteiger partial charge on any atom is -0.465 e. The van der Waals surface area contributed by atoms with Gasteiger partial charge in [0.05, 0.1) is 29.3 Å². The van der Waals surface area contributed by atoms with Crippen LogP contribution in [-0.4, -0.2) is 60.3 Å². The maximum Gasteiger partial charge on any atom is 0.337 e. The Hall–Kier alpha value is -3.45. The molecule has 0 radical (unpaired) electrons. The molecule has 4 rings (SSSR count). The van der Waals surface area contributed by atoms with Crippen LogP contribution in [0.25, 0.3) is 16.6 Å². The van der Waals surface area contributed by atoms with Crippen LogP contribution in [0.15, 0.2) is 59.9 Å². The Balaban J connectivity index is 1.86. The number of ether oxygens (including phenoxy) is 1. The van der Waals surface area contributed by atoms with Crippen LogP contribution in [-0.2, 0) is 4.74 Å². The van der Waals surface area contributed by atoms with E-state index < -0.39 is 5.97 Å². The molecule has 31 heavy (non-hydrogen) atoms. The number of anilines is 1. The van der Waals surface area contributed by atoms with Crippen molar-refractivity contribution in [2.24, 2.45) is 0 Å². The largest absolute Gasteiger partial charge is 0.465 e. The molecule has 0 spiro atoms. The number of hydrogen-bond donors (Lipinski definition) is 0. The van der Waals surface area contributed by atoms with Crippen LogP contribution in [0.4, 0.5) is 5.95 Å². The number of aryl methyl sites for hydroxylation is 1. The highest BCUT2D eigenvalue weighted by atomic mass is 16.5. The van der Waals surface area contributed by atoms with Gasteiger partial charge in [0, 0.05) is 32.7 Å². The van der Waals surface area contributed by atoms with Gasteiger partial charge in [-0.05, 0) is 37.3 Å². The fourth-order valence-electron chi connectivity index (χ4n) is 3.87. The quantitative estimate of drug-likeness (QED) is 0.469. The molecule has 2 heterocycles. The highest BCUT2D eigenvalue weighted by Crippen LogP contribution is 2.22. The molecular formula is C24H26N4O3. The molecule has 0 aliphatic carbocycles. The number of nitrogens with zero attached hydrogens (tertiary/aromatic N) is 4. The molecule has 0 atom stereocenters. The van der Waals surface area contributed by atoms with E-state index in [1.807, 2.05) is 37.3 Å². The Labute approximate surface area is 181 Å². The zero-order valence-electron chi connectivity index (χ0n) is 17.9. The number of hydrogen-bond acceptors (Lipinski definition) is 6. The lowest BCUT2D eigenvalue weighted by Crippen LogP contribution is -2.48. The number of methoxy groups -OCH3 is 1. The third-order valence-electron chi connectivity index (χ3n) is 5.61. The number of rotatable bonds is 5. The van der Waals surface area contributed by atoms with Gasteiger partial charge in [0.2, 0.25) is 5.95 Å². The molecule has 0 amide bonds. The molecule has 3 aromatic rings. The van der Waals surface area contributed by atoms with Crippen LogP contribution in [0.1, 0.15) is 15.9 Å². The Morgan fingerprint density at radius 2 is 1.84 bits per heavy atom. The molecule has 2 aromatic carbocycles. The average molecular weight is 418 g/mol. The zero-order valence-corrected chi connectivity index (χ0v) is 17.9. The van der Waals surface area contributed by atoms with Crippen LogP contribution in [0.2, 0.25) is 0 Å². The molecule has 160 valence electrons. The van der Waals surface area contributed by atoms with Crippen molar-refractivity contribution in [1.29, 1.82) is 0 Å². The molecule has 0 saturated carbocycles. The van der Waals surface area contributed by atoms with Crippen molar-refractivity contribution in [2.45, 2.75) is 6.92 Å². The van der Waals surface area contributed by atoms with E-state index >= 15 is 0 Å². The van der Waals surface area contributed by atoms with Gasteiger partial charge in [-0.25, -0.2) is 14.3 Å². The van der Waals surface area contributed by atoms with Crippen molar-refractivity contribution in [3.05, 3.63) is 76.6 Å². The summed E-state index contributed by atoms with van der Waals surface area (Å²) in [4.78, 5) is 34.8. The van der Waals surface area contributed by atoms with Gasteiger partial charge in [-0.2, -0.15) is 0 Å². The molecule has 1 aliphatic rings. The third kappa shape index (κ3) is 4.09. The van der Waals surface area contributed by atoms with E-state index in [9.17, 15) is 9.59 Å². The topological polar surface area (TPSA) is 67.7 Å². The fourth-order valence-corrected chi connectivity index (χ4v) is 3.87. The van der Waals surface area contributed by atoms with Gasteiger partial charge >= 0.3 is 5.97 Å². The highest BCUT2D eigenvalue weighted by Gasteiger charge is 2.23. The van der Waals surface area contributed by atoms with Crippen molar-refractivity contribution < 1.29 is 9.53 Å². The number of piperazine rings is 1. The Kier molecular flexibility index (Phi) is 5.86. The predicted molar refractivity (Wildman–Crippen MR) is 122 cm³/mol. The number of carbonyl (C=O) groups excluding carboxylic acids is 1. The second-order valence-corrected chi connectivity index (χ2v) is 7.69. The predicted octanol–water partition coefficient (Wildman–Crippen LogP) is 2.79. The first-order valence-electron chi connectivity index (χ1n) is 10.3. The summed E-state index contributed by atoms with van der Waals surface area (Å²) >= 11 is 0. The van der Waals surface area contributed by atoms with E-state index in [-0.39, 0.29) is 5.56 Å². The Morgan fingerprint density at radius 1 is 1.13 bits per heavy atom. The first kappa shape index (κ1) is 20.8. The van der Waals surface area contributed by atoms with Crippen LogP contribution < -0.4 is 10.5 Å². The Bertz CT molecular complexity index is 1180. The molecule has 1 saturated heterocycles. The van der Waals surface area contributed by atoms with Gasteiger partial charge in [0.15, 0.2) is 0 Å². The van der Waals surface area contributed by atoms with Crippen molar-refractivity contribution >= 4 is 22.8 Å². The summed E-state index contributed by atoms with van der Waals surface area (Å²) in [6, 6.07) is 12.7. The SMILES string of the molecule is C=CCN1CCN(c2nc3cc(C(=O)OC)ccc3c(=O)n2-c2ccc(C)cc2)CC1. The van der Waals surface area contributed by atoms with Crippen LogP contribution >= 0.6 is 0 Å². The van der Waals surface area contributed by atoms with Crippen molar-refractivity contribution in [3.8, 4) is 5.69 Å². The average Bonchev–Trinajstić information content (AvgIpc) is 2.79. The number of carbonyl (C=O) groups is 1. The summed E-state index contributed by atoms with van der Waals surface area (Å²) in [5.41, 5.74) is 2.59. The maximum absolute atomic E-state index is 13.6. The number of aromatic nitrogens is 2. The van der Waals surface area contributed by atoms with Crippen LogP contribution in [0.5, 0.6) is 0 Å². The summed E-state index contributed by atoms with van der Waals surface area (Å²) in [7, 11) is 1.34. The van der Waals surface area contributed by atoms with Crippen molar-refractivity contribution in [2.75, 3.05) is 44.7 Å².